The number of rotatable bonds is 18. The van der Waals surface area contributed by atoms with Crippen LogP contribution in [-0.4, -0.2) is 60.1 Å². The van der Waals surface area contributed by atoms with Crippen molar-refractivity contribution in [1.29, 1.82) is 0 Å². The average Bonchev–Trinajstić information content (AvgIpc) is 4.29. The van der Waals surface area contributed by atoms with E-state index in [2.05, 4.69) is 78.5 Å². The maximum Gasteiger partial charge on any atom is 0.411 e. The Morgan fingerprint density at radius 3 is 1.44 bits per heavy atom. The summed E-state index contributed by atoms with van der Waals surface area (Å²) in [5, 5.41) is 15.7. The summed E-state index contributed by atoms with van der Waals surface area (Å²) in [6.45, 7) is 9.22. The molecule has 2 aliphatic rings. The first-order chi connectivity index (χ1) is 33.6. The normalized spacial score (nSPS) is 16.8. The quantitative estimate of drug-likeness (QED) is 0.0407. The van der Waals surface area contributed by atoms with Crippen molar-refractivity contribution in [2.24, 2.45) is 0 Å². The second kappa shape index (κ2) is 21.7. The molecule has 2 aliphatic carbocycles. The third kappa shape index (κ3) is 12.9. The Bertz CT molecular complexity index is 2810. The molecule has 362 valence electrons. The van der Waals surface area contributed by atoms with E-state index in [1.54, 1.807) is 79.8 Å². The van der Waals surface area contributed by atoms with E-state index in [1.807, 2.05) is 36.4 Å². The second-order valence-corrected chi connectivity index (χ2v) is 18.9. The monoisotopic (exact) mass is 942 g/mol. The zero-order chi connectivity index (χ0) is 49.5. The van der Waals surface area contributed by atoms with Crippen molar-refractivity contribution in [2.45, 2.75) is 96.3 Å². The van der Waals surface area contributed by atoms with Gasteiger partial charge in [0.05, 0.1) is 22.7 Å². The van der Waals surface area contributed by atoms with Gasteiger partial charge in [0.2, 0.25) is 0 Å². The van der Waals surface area contributed by atoms with Crippen molar-refractivity contribution in [3.05, 3.63) is 172 Å². The molecule has 0 bridgehead atoms. The van der Waals surface area contributed by atoms with E-state index in [-0.39, 0.29) is 19.1 Å². The number of nitrogens with two attached hydrogens (primary N) is 2. The van der Waals surface area contributed by atoms with Gasteiger partial charge in [-0.1, -0.05) is 100 Å². The van der Waals surface area contributed by atoms with Crippen molar-refractivity contribution >= 4 is 52.4 Å². The van der Waals surface area contributed by atoms with Gasteiger partial charge in [-0.3, -0.25) is 14.9 Å². The highest BCUT2D eigenvalue weighted by atomic mass is 16.6. The van der Waals surface area contributed by atoms with Gasteiger partial charge in [-0.25, -0.2) is 9.59 Å². The van der Waals surface area contributed by atoms with Crippen LogP contribution in [0.3, 0.4) is 0 Å². The molecule has 0 aromatic heterocycles. The molecule has 0 spiro atoms. The Morgan fingerprint density at radius 1 is 0.557 bits per heavy atom. The predicted octanol–water partition coefficient (Wildman–Crippen LogP) is 10.2. The average molecular weight is 943 g/mol. The highest BCUT2D eigenvalue weighted by molar-refractivity contribution is 6.07. The Morgan fingerprint density at radius 2 is 0.986 bits per heavy atom. The summed E-state index contributed by atoms with van der Waals surface area (Å²) in [5.74, 6) is 0.284. The van der Waals surface area contributed by atoms with Crippen molar-refractivity contribution in [3.8, 4) is 11.1 Å². The van der Waals surface area contributed by atoms with Gasteiger partial charge in [0.25, 0.3) is 11.8 Å². The SMILES string of the molecule is CC(C)NC1CC1c1ccc(COC(=O)Nc2ccc(C(=O)Nc3cc(-c4ccc(N)c(NC(=O)c5ccc(CN(C)C(=O)OCc6ccc(C7CC7NC(C)C)cc6)cc5)c4)ccc3N)cc2)cc1. The molecule has 0 aliphatic heterocycles. The number of ether oxygens (including phenoxy) is 2. The Hall–Kier alpha value is -7.68. The lowest BCUT2D eigenvalue weighted by atomic mass is 10.0. The maximum absolute atomic E-state index is 13.4. The van der Waals surface area contributed by atoms with E-state index in [0.717, 1.165) is 40.7 Å². The molecule has 0 saturated heterocycles. The summed E-state index contributed by atoms with van der Waals surface area (Å²) < 4.78 is 11.0. The predicted molar refractivity (Wildman–Crippen MR) is 277 cm³/mol. The molecule has 4 amide bonds. The summed E-state index contributed by atoms with van der Waals surface area (Å²) in [6.07, 6.45) is 1.21. The van der Waals surface area contributed by atoms with E-state index in [9.17, 15) is 19.2 Å². The van der Waals surface area contributed by atoms with Crippen LogP contribution in [0.1, 0.15) is 101 Å². The first-order valence-electron chi connectivity index (χ1n) is 23.8. The van der Waals surface area contributed by atoms with Crippen LogP contribution in [0.15, 0.2) is 133 Å². The molecule has 70 heavy (non-hydrogen) atoms. The number of nitrogens with zero attached hydrogens (tertiary/aromatic N) is 1. The fourth-order valence-electron chi connectivity index (χ4n) is 8.51. The fraction of sp³-hybridized carbons (Fsp3) is 0.286. The minimum atomic E-state index is -0.607. The fourth-order valence-corrected chi connectivity index (χ4v) is 8.51. The van der Waals surface area contributed by atoms with Gasteiger partial charge in [0.1, 0.15) is 13.2 Å². The summed E-state index contributed by atoms with van der Waals surface area (Å²) in [6, 6.07) is 42.3. The van der Waals surface area contributed by atoms with Crippen molar-refractivity contribution in [2.75, 3.05) is 34.5 Å². The zero-order valence-corrected chi connectivity index (χ0v) is 40.3. The van der Waals surface area contributed by atoms with Crippen LogP contribution in [0.4, 0.5) is 38.0 Å². The van der Waals surface area contributed by atoms with E-state index < -0.39 is 18.1 Å². The van der Waals surface area contributed by atoms with Gasteiger partial charge < -0.3 is 47.1 Å². The largest absolute Gasteiger partial charge is 0.445 e. The van der Waals surface area contributed by atoms with Crippen LogP contribution in [0.2, 0.25) is 0 Å². The molecule has 4 unspecified atom stereocenters. The number of carbonyl (C=O) groups excluding carboxylic acids is 4. The van der Waals surface area contributed by atoms with Gasteiger partial charge in [-0.15, -0.1) is 0 Å². The smallest absolute Gasteiger partial charge is 0.411 e. The number of carbonyl (C=O) groups is 4. The lowest BCUT2D eigenvalue weighted by Crippen LogP contribution is -2.27. The number of anilines is 5. The summed E-state index contributed by atoms with van der Waals surface area (Å²) in [5.41, 5.74) is 22.0. The molecule has 14 heteroatoms. The van der Waals surface area contributed by atoms with Crippen molar-refractivity contribution in [3.63, 3.8) is 0 Å². The third-order valence-electron chi connectivity index (χ3n) is 12.5. The molecule has 9 N–H and O–H groups in total. The molecular weight excluding hydrogens is 881 g/mol. The van der Waals surface area contributed by atoms with Crippen LogP contribution >= 0.6 is 0 Å². The third-order valence-corrected chi connectivity index (χ3v) is 12.5. The topological polar surface area (TPSA) is 202 Å². The number of nitrogens with one attached hydrogen (secondary N) is 5. The van der Waals surface area contributed by atoms with Crippen molar-refractivity contribution in [1.82, 2.24) is 15.5 Å². The molecule has 2 fully saturated rings. The Balaban J connectivity index is 0.794. The van der Waals surface area contributed by atoms with Gasteiger partial charge in [-0.2, -0.15) is 0 Å². The first-order valence-corrected chi connectivity index (χ1v) is 23.8. The summed E-state index contributed by atoms with van der Waals surface area (Å²) >= 11 is 0. The van der Waals surface area contributed by atoms with Gasteiger partial charge in [0.15, 0.2) is 0 Å². The molecular formula is C56H62N8O6. The van der Waals surface area contributed by atoms with E-state index in [1.165, 1.54) is 16.0 Å². The van der Waals surface area contributed by atoms with E-state index in [0.29, 0.717) is 82.1 Å². The summed E-state index contributed by atoms with van der Waals surface area (Å²) in [4.78, 5) is 53.7. The number of benzene rings is 6. The molecule has 2 saturated carbocycles. The van der Waals surface area contributed by atoms with Crippen molar-refractivity contribution < 1.29 is 28.7 Å². The lowest BCUT2D eigenvalue weighted by molar-refractivity contribution is 0.101. The molecule has 0 heterocycles. The number of amides is 4. The number of hydrogen-bond donors (Lipinski definition) is 7. The molecule has 4 atom stereocenters. The Labute approximate surface area is 409 Å². The molecule has 8 rings (SSSR count). The maximum atomic E-state index is 13.4. The van der Waals surface area contributed by atoms with Crippen LogP contribution in [0, 0.1) is 0 Å². The zero-order valence-electron chi connectivity index (χ0n) is 40.3. The molecule has 6 aromatic rings. The summed E-state index contributed by atoms with van der Waals surface area (Å²) in [7, 11) is 1.67. The number of nitrogen functional groups attached to an aromatic ring is 2. The van der Waals surface area contributed by atoms with Crippen LogP contribution in [0.25, 0.3) is 11.1 Å². The van der Waals surface area contributed by atoms with Gasteiger partial charge in [-0.05, 0) is 112 Å². The molecule has 0 radical (unpaired) electrons. The van der Waals surface area contributed by atoms with E-state index >= 15 is 0 Å². The minimum Gasteiger partial charge on any atom is -0.445 e. The van der Waals surface area contributed by atoms with Crippen LogP contribution in [-0.2, 0) is 29.2 Å². The van der Waals surface area contributed by atoms with Crippen LogP contribution in [0.5, 0.6) is 0 Å². The molecule has 14 nitrogen and oxygen atoms in total. The van der Waals surface area contributed by atoms with Gasteiger partial charge in [0, 0.05) is 66.4 Å². The minimum absolute atomic E-state index is 0.128. The number of hydrogen-bond acceptors (Lipinski definition) is 10. The second-order valence-electron chi connectivity index (χ2n) is 18.9. The lowest BCUT2D eigenvalue weighted by Gasteiger charge is -2.17. The van der Waals surface area contributed by atoms with Gasteiger partial charge >= 0.3 is 12.2 Å². The first kappa shape index (κ1) is 48.8. The Kier molecular flexibility index (Phi) is 15.1. The highest BCUT2D eigenvalue weighted by Crippen LogP contribution is 2.42. The standard InChI is InChI=1S/C56H62N8O6/c1-33(2)59-49-28-45(49)38-12-8-36(9-13-38)31-69-55(67)61-44-22-18-41(19-23-44)54(66)63-52-27-43(21-25-48(52)58)42-20-24-47(57)51(26-42)62-53(65)40-16-6-35(7-17-40)30-64(5)56(68)70-32-37-10-14-39(15-11-37)46-29-50(46)60-34(3)4/h6-27,33-34,45-46,49-50,59-60H,28-32,57-58H2,1-5H3,(H,61,67)(H,62,65)(H,63,66). The highest BCUT2D eigenvalue weighted by Gasteiger charge is 2.39. The molecule has 6 aromatic carbocycles. The van der Waals surface area contributed by atoms with E-state index in [4.69, 9.17) is 20.9 Å². The van der Waals surface area contributed by atoms with Crippen LogP contribution < -0.4 is 38.1 Å².